The fourth-order valence-corrected chi connectivity index (χ4v) is 4.27. The van der Waals surface area contributed by atoms with Crippen molar-refractivity contribution in [2.75, 3.05) is 20.6 Å². The number of thiophene rings is 1. The van der Waals surface area contributed by atoms with Crippen molar-refractivity contribution in [3.05, 3.63) is 57.8 Å². The molecule has 2 N–H and O–H groups in total. The lowest BCUT2D eigenvalue weighted by atomic mass is 9.88. The molecular weight excluding hydrogens is 330 g/mol. The molecule has 1 aliphatic rings. The molecule has 5 heteroatoms. The Labute approximate surface area is 154 Å². The van der Waals surface area contributed by atoms with Crippen molar-refractivity contribution in [1.82, 2.24) is 15.5 Å². The summed E-state index contributed by atoms with van der Waals surface area (Å²) in [6, 6.07) is 11.2. The number of aryl methyl sites for hydroxylation is 1. The Kier molecular flexibility index (Phi) is 6.10. The van der Waals surface area contributed by atoms with Gasteiger partial charge in [-0.05, 0) is 73.3 Å². The molecule has 134 valence electrons. The molecule has 3 rings (SSSR count). The smallest absolute Gasteiger partial charge is 0.315 e. The van der Waals surface area contributed by atoms with Gasteiger partial charge < -0.3 is 15.5 Å². The summed E-state index contributed by atoms with van der Waals surface area (Å²) in [5.41, 5.74) is 4.11. The molecule has 2 amide bonds. The van der Waals surface area contributed by atoms with Gasteiger partial charge in [0, 0.05) is 18.6 Å². The number of rotatable bonds is 6. The predicted octanol–water partition coefficient (Wildman–Crippen LogP) is 3.60. The van der Waals surface area contributed by atoms with Crippen LogP contribution in [-0.4, -0.2) is 37.6 Å². The van der Waals surface area contributed by atoms with Gasteiger partial charge in [0.25, 0.3) is 0 Å². The summed E-state index contributed by atoms with van der Waals surface area (Å²) >= 11 is 1.72. The predicted molar refractivity (Wildman–Crippen MR) is 104 cm³/mol. The zero-order valence-electron chi connectivity index (χ0n) is 15.0. The fourth-order valence-electron chi connectivity index (χ4n) is 3.57. The summed E-state index contributed by atoms with van der Waals surface area (Å²) in [6.45, 7) is 0.674. The number of carbonyl (C=O) groups is 1. The first-order valence-electron chi connectivity index (χ1n) is 8.93. The van der Waals surface area contributed by atoms with Gasteiger partial charge in [-0.3, -0.25) is 0 Å². The van der Waals surface area contributed by atoms with Gasteiger partial charge in [0.2, 0.25) is 0 Å². The molecule has 0 spiro atoms. The van der Waals surface area contributed by atoms with Gasteiger partial charge in [-0.1, -0.05) is 24.3 Å². The second kappa shape index (κ2) is 8.50. The van der Waals surface area contributed by atoms with Crippen molar-refractivity contribution in [2.45, 2.75) is 37.8 Å². The number of hydrogen-bond donors (Lipinski definition) is 2. The van der Waals surface area contributed by atoms with Gasteiger partial charge >= 0.3 is 6.03 Å². The third-order valence-electron chi connectivity index (χ3n) is 4.94. The molecule has 1 aliphatic carbocycles. The average Bonchev–Trinajstić information content (AvgIpc) is 3.12. The molecule has 0 unspecified atom stereocenters. The molecule has 0 radical (unpaired) electrons. The minimum absolute atomic E-state index is 0.0489. The summed E-state index contributed by atoms with van der Waals surface area (Å²) in [5, 5.41) is 10.5. The van der Waals surface area contributed by atoms with Gasteiger partial charge in [0.05, 0.1) is 0 Å². The SMILES string of the molecule is CN(C)[C@H](CCNC(=O)N[C@H]1CCc2ccccc2C1)c1ccsc1. The standard InChI is InChI=1S/C20H27N3OS/c1-23(2)19(17-10-12-25-14-17)9-11-21-20(24)22-18-8-7-15-5-3-4-6-16(15)13-18/h3-6,10,12,14,18-19H,7-9,11,13H2,1-2H3,(H2,21,22,24)/t18-,19+/m0/s1. The highest BCUT2D eigenvalue weighted by Gasteiger charge is 2.20. The van der Waals surface area contributed by atoms with Gasteiger partial charge in [-0.25, -0.2) is 4.79 Å². The van der Waals surface area contributed by atoms with Gasteiger partial charge in [-0.2, -0.15) is 11.3 Å². The molecule has 0 saturated carbocycles. The maximum Gasteiger partial charge on any atom is 0.315 e. The number of nitrogens with one attached hydrogen (secondary N) is 2. The Balaban J connectivity index is 1.44. The largest absolute Gasteiger partial charge is 0.338 e. The van der Waals surface area contributed by atoms with E-state index in [-0.39, 0.29) is 12.1 Å². The first kappa shape index (κ1) is 18.0. The van der Waals surface area contributed by atoms with E-state index in [0.717, 1.165) is 25.7 Å². The molecule has 4 nitrogen and oxygen atoms in total. The molecule has 2 aromatic rings. The molecular formula is C20H27N3OS. The van der Waals surface area contributed by atoms with Crippen LogP contribution >= 0.6 is 11.3 Å². The van der Waals surface area contributed by atoms with Crippen molar-refractivity contribution in [3.8, 4) is 0 Å². The maximum absolute atomic E-state index is 12.2. The van der Waals surface area contributed by atoms with Crippen LogP contribution in [0.5, 0.6) is 0 Å². The van der Waals surface area contributed by atoms with Gasteiger partial charge in [0.15, 0.2) is 0 Å². The zero-order valence-corrected chi connectivity index (χ0v) is 15.8. The van der Waals surface area contributed by atoms with E-state index in [9.17, 15) is 4.79 Å². The number of carbonyl (C=O) groups excluding carboxylic acids is 1. The number of amides is 2. The third kappa shape index (κ3) is 4.83. The second-order valence-electron chi connectivity index (χ2n) is 6.93. The highest BCUT2D eigenvalue weighted by molar-refractivity contribution is 7.07. The van der Waals surface area contributed by atoms with E-state index < -0.39 is 0 Å². The van der Waals surface area contributed by atoms with Crippen molar-refractivity contribution in [3.63, 3.8) is 0 Å². The van der Waals surface area contributed by atoms with Crippen LogP contribution < -0.4 is 10.6 Å². The first-order chi connectivity index (χ1) is 12.1. The van der Waals surface area contributed by atoms with E-state index in [1.54, 1.807) is 11.3 Å². The average molecular weight is 358 g/mol. The minimum atomic E-state index is -0.0489. The Hall–Kier alpha value is -1.85. The first-order valence-corrected chi connectivity index (χ1v) is 9.87. The maximum atomic E-state index is 12.2. The minimum Gasteiger partial charge on any atom is -0.338 e. The molecule has 1 aromatic carbocycles. The van der Waals surface area contributed by atoms with Crippen LogP contribution in [0.1, 0.15) is 35.6 Å². The number of fused-ring (bicyclic) bond motifs is 1. The monoisotopic (exact) mass is 357 g/mol. The molecule has 1 aromatic heterocycles. The van der Waals surface area contributed by atoms with E-state index in [1.165, 1.54) is 16.7 Å². The van der Waals surface area contributed by atoms with Crippen LogP contribution in [0.4, 0.5) is 4.79 Å². The van der Waals surface area contributed by atoms with Crippen LogP contribution in [0, 0.1) is 0 Å². The highest BCUT2D eigenvalue weighted by Crippen LogP contribution is 2.24. The zero-order chi connectivity index (χ0) is 17.6. The quantitative estimate of drug-likeness (QED) is 0.830. The lowest BCUT2D eigenvalue weighted by Crippen LogP contribution is -2.45. The molecule has 0 fully saturated rings. The second-order valence-corrected chi connectivity index (χ2v) is 7.71. The van der Waals surface area contributed by atoms with E-state index in [1.807, 2.05) is 0 Å². The van der Waals surface area contributed by atoms with Crippen LogP contribution in [-0.2, 0) is 12.8 Å². The number of benzene rings is 1. The molecule has 25 heavy (non-hydrogen) atoms. The molecule has 2 atom stereocenters. The van der Waals surface area contributed by atoms with E-state index in [4.69, 9.17) is 0 Å². The molecule has 0 saturated heterocycles. The van der Waals surface area contributed by atoms with Crippen molar-refractivity contribution in [1.29, 1.82) is 0 Å². The lowest BCUT2D eigenvalue weighted by Gasteiger charge is -2.26. The summed E-state index contributed by atoms with van der Waals surface area (Å²) in [4.78, 5) is 14.4. The van der Waals surface area contributed by atoms with Crippen LogP contribution in [0.2, 0.25) is 0 Å². The summed E-state index contributed by atoms with van der Waals surface area (Å²) in [5.74, 6) is 0. The van der Waals surface area contributed by atoms with Crippen molar-refractivity contribution in [2.24, 2.45) is 0 Å². The Morgan fingerprint density at radius 1 is 1.28 bits per heavy atom. The number of urea groups is 1. The fraction of sp³-hybridized carbons (Fsp3) is 0.450. The summed E-state index contributed by atoms with van der Waals surface area (Å²) < 4.78 is 0. The number of nitrogens with zero attached hydrogens (tertiary/aromatic N) is 1. The van der Waals surface area contributed by atoms with E-state index in [0.29, 0.717) is 12.6 Å². The highest BCUT2D eigenvalue weighted by atomic mass is 32.1. The van der Waals surface area contributed by atoms with Crippen molar-refractivity contribution < 1.29 is 4.79 Å². The van der Waals surface area contributed by atoms with Gasteiger partial charge in [0.1, 0.15) is 0 Å². The van der Waals surface area contributed by atoms with E-state index in [2.05, 4.69) is 70.7 Å². The topological polar surface area (TPSA) is 44.4 Å². The lowest BCUT2D eigenvalue weighted by molar-refractivity contribution is 0.232. The Morgan fingerprint density at radius 2 is 2.08 bits per heavy atom. The Bertz CT molecular complexity index is 684. The normalized spacial score (nSPS) is 17.8. The molecule has 0 bridgehead atoms. The summed E-state index contributed by atoms with van der Waals surface area (Å²) in [7, 11) is 4.17. The van der Waals surface area contributed by atoms with Crippen molar-refractivity contribution >= 4 is 17.4 Å². The van der Waals surface area contributed by atoms with Crippen LogP contribution in [0.3, 0.4) is 0 Å². The van der Waals surface area contributed by atoms with Crippen LogP contribution in [0.15, 0.2) is 41.1 Å². The number of hydrogen-bond acceptors (Lipinski definition) is 3. The van der Waals surface area contributed by atoms with Crippen LogP contribution in [0.25, 0.3) is 0 Å². The summed E-state index contributed by atoms with van der Waals surface area (Å²) in [6.07, 6.45) is 3.89. The molecule has 0 aliphatic heterocycles. The Morgan fingerprint density at radius 3 is 2.80 bits per heavy atom. The van der Waals surface area contributed by atoms with Gasteiger partial charge in [-0.15, -0.1) is 0 Å². The van der Waals surface area contributed by atoms with E-state index >= 15 is 0 Å². The molecule has 1 heterocycles. The third-order valence-corrected chi connectivity index (χ3v) is 5.64.